The fraction of sp³-hybridized carbons (Fsp3) is 0.333. The number of rotatable bonds is 6. The molecule has 0 aliphatic rings. The lowest BCUT2D eigenvalue weighted by Crippen LogP contribution is -2.49. The maximum atomic E-state index is 11.9. The molecule has 1 unspecified atom stereocenters. The van der Waals surface area contributed by atoms with Crippen LogP contribution < -0.4 is 5.48 Å². The monoisotopic (exact) mass is 338 g/mol. The number of hydroxylamine groups is 1. The molecule has 7 nitrogen and oxygen atoms in total. The van der Waals surface area contributed by atoms with Crippen molar-refractivity contribution in [1.82, 2.24) is 10.6 Å². The summed E-state index contributed by atoms with van der Waals surface area (Å²) >= 11 is 0. The second-order valence-electron chi connectivity index (χ2n) is 5.49. The number of benzene rings is 1. The average molecular weight is 338 g/mol. The van der Waals surface area contributed by atoms with Crippen molar-refractivity contribution in [3.8, 4) is 11.3 Å². The Morgan fingerprint density at radius 1 is 1.35 bits per heavy atom. The summed E-state index contributed by atoms with van der Waals surface area (Å²) in [5.41, 5.74) is 2.92. The highest BCUT2D eigenvalue weighted by molar-refractivity contribution is 7.92. The molecule has 0 spiro atoms. The molecule has 0 aliphatic carbocycles. The highest BCUT2D eigenvalue weighted by Gasteiger charge is 2.43. The van der Waals surface area contributed by atoms with Crippen molar-refractivity contribution in [2.45, 2.75) is 24.5 Å². The van der Waals surface area contributed by atoms with Gasteiger partial charge in [-0.3, -0.25) is 10.0 Å². The Morgan fingerprint density at radius 3 is 2.57 bits per heavy atom. The van der Waals surface area contributed by atoms with Crippen LogP contribution in [0.15, 0.2) is 40.9 Å². The van der Waals surface area contributed by atoms with Gasteiger partial charge in [0.15, 0.2) is 9.84 Å². The summed E-state index contributed by atoms with van der Waals surface area (Å²) in [6.45, 7) is 1.27. The van der Waals surface area contributed by atoms with Crippen molar-refractivity contribution in [3.05, 3.63) is 42.2 Å². The van der Waals surface area contributed by atoms with Gasteiger partial charge in [0.05, 0.1) is 0 Å². The smallest absolute Gasteiger partial charge is 0.264 e. The molecular weight excluding hydrogens is 320 g/mol. The van der Waals surface area contributed by atoms with Crippen molar-refractivity contribution in [1.29, 1.82) is 0 Å². The van der Waals surface area contributed by atoms with Gasteiger partial charge in [-0.2, -0.15) is 0 Å². The normalized spacial score (nSPS) is 14.2. The molecule has 2 rings (SSSR count). The molecule has 1 amide bonds. The maximum absolute atomic E-state index is 11.9. The van der Waals surface area contributed by atoms with Gasteiger partial charge in [-0.15, -0.1) is 0 Å². The van der Waals surface area contributed by atoms with Gasteiger partial charge in [-0.25, -0.2) is 13.9 Å². The summed E-state index contributed by atoms with van der Waals surface area (Å²) in [6.07, 6.45) is 1.11. The van der Waals surface area contributed by atoms with Crippen molar-refractivity contribution in [2.24, 2.45) is 0 Å². The van der Waals surface area contributed by atoms with E-state index in [0.29, 0.717) is 11.5 Å². The van der Waals surface area contributed by atoms with E-state index >= 15 is 0 Å². The highest BCUT2D eigenvalue weighted by Crippen LogP contribution is 2.25. The molecule has 0 saturated heterocycles. The lowest BCUT2D eigenvalue weighted by Gasteiger charge is -2.24. The topological polar surface area (TPSA) is 110 Å². The van der Waals surface area contributed by atoms with E-state index in [-0.39, 0.29) is 12.8 Å². The number of amides is 1. The third kappa shape index (κ3) is 3.59. The Bertz CT molecular complexity index is 785. The minimum Gasteiger partial charge on any atom is -0.361 e. The fourth-order valence-electron chi connectivity index (χ4n) is 2.12. The number of aryl methyl sites for hydroxylation is 1. The van der Waals surface area contributed by atoms with Gasteiger partial charge < -0.3 is 4.52 Å². The number of sulfone groups is 1. The molecule has 1 aromatic carbocycles. The van der Waals surface area contributed by atoms with E-state index in [1.165, 1.54) is 12.4 Å². The first kappa shape index (κ1) is 17.2. The van der Waals surface area contributed by atoms with Crippen molar-refractivity contribution < 1.29 is 22.9 Å². The van der Waals surface area contributed by atoms with Gasteiger partial charge in [-0.05, 0) is 13.3 Å². The summed E-state index contributed by atoms with van der Waals surface area (Å²) in [5, 5.41) is 12.7. The molecule has 1 atom stereocenters. The van der Waals surface area contributed by atoms with E-state index in [9.17, 15) is 13.2 Å². The summed E-state index contributed by atoms with van der Waals surface area (Å²) in [5.74, 6) is -0.507. The molecule has 2 aromatic rings. The molecule has 0 fully saturated rings. The molecule has 0 bridgehead atoms. The molecule has 23 heavy (non-hydrogen) atoms. The number of nitrogens with zero attached hydrogens (tertiary/aromatic N) is 1. The lowest BCUT2D eigenvalue weighted by molar-refractivity contribution is -0.131. The molecule has 8 heteroatoms. The van der Waals surface area contributed by atoms with Crippen LogP contribution in [0, 0.1) is 0 Å². The fourth-order valence-corrected chi connectivity index (χ4v) is 2.98. The minimum absolute atomic E-state index is 0.0400. The molecular formula is C15H18N2O5S. The summed E-state index contributed by atoms with van der Waals surface area (Å²) in [6, 6.07) is 11.1. The van der Waals surface area contributed by atoms with Crippen LogP contribution in [0.2, 0.25) is 0 Å². The predicted molar refractivity (Wildman–Crippen MR) is 83.4 cm³/mol. The Hall–Kier alpha value is -2.19. The van der Waals surface area contributed by atoms with Crippen LogP contribution >= 0.6 is 0 Å². The SMILES string of the molecule is CC(CCc1cc(-c2ccccc2)no1)(C(=O)NO)S(C)(=O)=O. The largest absolute Gasteiger partial charge is 0.361 e. The zero-order valence-corrected chi connectivity index (χ0v) is 13.6. The number of nitrogens with one attached hydrogen (secondary N) is 1. The Balaban J connectivity index is 2.17. The predicted octanol–water partition coefficient (Wildman–Crippen LogP) is 1.58. The van der Waals surface area contributed by atoms with Crippen molar-refractivity contribution in [2.75, 3.05) is 6.26 Å². The molecule has 1 aromatic heterocycles. The first-order valence-corrected chi connectivity index (χ1v) is 8.82. The van der Waals surface area contributed by atoms with Crippen LogP contribution in [0.25, 0.3) is 11.3 Å². The number of hydrogen-bond donors (Lipinski definition) is 2. The van der Waals surface area contributed by atoms with Crippen LogP contribution in [0.1, 0.15) is 19.1 Å². The van der Waals surface area contributed by atoms with Crippen molar-refractivity contribution >= 4 is 15.7 Å². The van der Waals surface area contributed by atoms with E-state index in [2.05, 4.69) is 5.16 Å². The molecule has 0 aliphatic heterocycles. The Morgan fingerprint density at radius 2 is 2.00 bits per heavy atom. The molecule has 0 radical (unpaired) electrons. The summed E-state index contributed by atoms with van der Waals surface area (Å²) in [4.78, 5) is 11.7. The molecule has 2 N–H and O–H groups in total. The standard InChI is InChI=1S/C15H18N2O5S/c1-15(14(18)16-19,23(2,20)21)9-8-12-10-13(17-22-12)11-6-4-3-5-7-11/h3-7,10,19H,8-9H2,1-2H3,(H,16,18). The van der Waals surface area contributed by atoms with Gasteiger partial charge >= 0.3 is 0 Å². The van der Waals surface area contributed by atoms with Crippen LogP contribution in [0.5, 0.6) is 0 Å². The van der Waals surface area contributed by atoms with Gasteiger partial charge in [-0.1, -0.05) is 35.5 Å². The zero-order chi connectivity index (χ0) is 17.1. The van der Waals surface area contributed by atoms with Crippen LogP contribution in [0.4, 0.5) is 0 Å². The van der Waals surface area contributed by atoms with Gasteiger partial charge in [0, 0.05) is 24.3 Å². The third-order valence-electron chi connectivity index (χ3n) is 3.88. The number of carbonyl (C=O) groups excluding carboxylic acids is 1. The average Bonchev–Trinajstić information content (AvgIpc) is 3.00. The molecule has 0 saturated carbocycles. The van der Waals surface area contributed by atoms with E-state index < -0.39 is 20.5 Å². The first-order valence-electron chi connectivity index (χ1n) is 6.93. The van der Waals surface area contributed by atoms with Crippen LogP contribution in [-0.2, 0) is 21.1 Å². The van der Waals surface area contributed by atoms with Gasteiger partial charge in [0.2, 0.25) is 0 Å². The van der Waals surface area contributed by atoms with Crippen LogP contribution in [0.3, 0.4) is 0 Å². The van der Waals surface area contributed by atoms with Crippen molar-refractivity contribution in [3.63, 3.8) is 0 Å². The lowest BCUT2D eigenvalue weighted by atomic mass is 10.0. The zero-order valence-electron chi connectivity index (χ0n) is 12.8. The Labute approximate surface area is 134 Å². The highest BCUT2D eigenvalue weighted by atomic mass is 32.2. The number of aromatic nitrogens is 1. The first-order chi connectivity index (χ1) is 10.8. The second kappa shape index (κ2) is 6.51. The van der Waals surface area contributed by atoms with E-state index in [4.69, 9.17) is 9.73 Å². The molecule has 1 heterocycles. The maximum Gasteiger partial charge on any atom is 0.264 e. The van der Waals surface area contributed by atoms with Crippen LogP contribution in [-0.4, -0.2) is 35.7 Å². The minimum atomic E-state index is -3.73. The van der Waals surface area contributed by atoms with E-state index in [0.717, 1.165) is 11.8 Å². The third-order valence-corrected chi connectivity index (χ3v) is 5.90. The van der Waals surface area contributed by atoms with E-state index in [1.54, 1.807) is 6.07 Å². The summed E-state index contributed by atoms with van der Waals surface area (Å²) < 4.78 is 27.2. The van der Waals surface area contributed by atoms with E-state index in [1.807, 2.05) is 30.3 Å². The molecule has 124 valence electrons. The quantitative estimate of drug-likeness (QED) is 0.611. The number of carbonyl (C=O) groups is 1. The van der Waals surface area contributed by atoms with Gasteiger partial charge in [0.25, 0.3) is 5.91 Å². The summed E-state index contributed by atoms with van der Waals surface area (Å²) in [7, 11) is -3.73. The Kier molecular flexibility index (Phi) is 4.86. The van der Waals surface area contributed by atoms with Gasteiger partial charge in [0.1, 0.15) is 16.2 Å². The number of hydrogen-bond acceptors (Lipinski definition) is 6. The second-order valence-corrected chi connectivity index (χ2v) is 7.93.